The van der Waals surface area contributed by atoms with Gasteiger partial charge in [0.1, 0.15) is 0 Å². The molecule has 1 rings (SSSR count). The molecule has 96 valence electrons. The van der Waals surface area contributed by atoms with Crippen molar-refractivity contribution in [3.63, 3.8) is 0 Å². The van der Waals surface area contributed by atoms with Crippen molar-refractivity contribution >= 4 is 5.97 Å². The van der Waals surface area contributed by atoms with Gasteiger partial charge in [-0.3, -0.25) is 0 Å². The van der Waals surface area contributed by atoms with Crippen molar-refractivity contribution < 1.29 is 9.53 Å². The quantitative estimate of drug-likeness (QED) is 0.443. The van der Waals surface area contributed by atoms with E-state index in [2.05, 4.69) is 6.92 Å². The Morgan fingerprint density at radius 3 is 2.53 bits per heavy atom. The van der Waals surface area contributed by atoms with Crippen LogP contribution in [0.25, 0.3) is 0 Å². The summed E-state index contributed by atoms with van der Waals surface area (Å²) >= 11 is 0. The minimum atomic E-state index is -0.138. The zero-order valence-corrected chi connectivity index (χ0v) is 10.9. The van der Waals surface area contributed by atoms with Crippen LogP contribution in [0.5, 0.6) is 0 Å². The molecule has 0 atom stereocenters. The third-order valence-electron chi connectivity index (χ3n) is 3.01. The van der Waals surface area contributed by atoms with E-state index < -0.39 is 0 Å². The van der Waals surface area contributed by atoms with Gasteiger partial charge in [-0.15, -0.1) is 0 Å². The molecule has 1 aliphatic carbocycles. The van der Waals surface area contributed by atoms with Crippen molar-refractivity contribution in [3.05, 3.63) is 23.8 Å². The summed E-state index contributed by atoms with van der Waals surface area (Å²) < 4.78 is 5.21. The van der Waals surface area contributed by atoms with E-state index >= 15 is 0 Å². The normalized spacial score (nSPS) is 13.8. The standard InChI is InChI=1S/C15H24O2/c1-2-3-4-5-6-7-10-13-17-15(16)14-11-8-9-12-14/h8-9,11H,2-7,10,12-13H2,1H3. The first-order valence-electron chi connectivity index (χ1n) is 6.87. The van der Waals surface area contributed by atoms with Crippen LogP contribution in [-0.2, 0) is 9.53 Å². The van der Waals surface area contributed by atoms with E-state index in [1.807, 2.05) is 18.2 Å². The smallest absolute Gasteiger partial charge is 0.334 e. The molecule has 2 nitrogen and oxygen atoms in total. The lowest BCUT2D eigenvalue weighted by Gasteiger charge is -2.05. The minimum absolute atomic E-state index is 0.138. The highest BCUT2D eigenvalue weighted by Crippen LogP contribution is 2.12. The third-order valence-corrected chi connectivity index (χ3v) is 3.01. The first-order chi connectivity index (χ1) is 8.34. The van der Waals surface area contributed by atoms with Crippen molar-refractivity contribution in [2.75, 3.05) is 6.61 Å². The van der Waals surface area contributed by atoms with Gasteiger partial charge in [-0.1, -0.05) is 63.7 Å². The van der Waals surface area contributed by atoms with Gasteiger partial charge in [0.25, 0.3) is 0 Å². The number of hydrogen-bond acceptors (Lipinski definition) is 2. The Labute approximate surface area is 105 Å². The Morgan fingerprint density at radius 1 is 1.18 bits per heavy atom. The van der Waals surface area contributed by atoms with Gasteiger partial charge >= 0.3 is 5.97 Å². The highest BCUT2D eigenvalue weighted by atomic mass is 16.5. The molecule has 0 radical (unpaired) electrons. The van der Waals surface area contributed by atoms with Crippen LogP contribution in [-0.4, -0.2) is 12.6 Å². The van der Waals surface area contributed by atoms with Crippen LogP contribution in [0.4, 0.5) is 0 Å². The predicted molar refractivity (Wildman–Crippen MR) is 70.8 cm³/mol. The zero-order valence-electron chi connectivity index (χ0n) is 10.9. The second kappa shape index (κ2) is 9.03. The van der Waals surface area contributed by atoms with Crippen LogP contribution in [0.15, 0.2) is 23.8 Å². The van der Waals surface area contributed by atoms with Crippen LogP contribution in [0.2, 0.25) is 0 Å². The Morgan fingerprint density at radius 2 is 1.88 bits per heavy atom. The monoisotopic (exact) mass is 236 g/mol. The van der Waals surface area contributed by atoms with E-state index in [4.69, 9.17) is 4.74 Å². The Hall–Kier alpha value is -1.05. The van der Waals surface area contributed by atoms with Gasteiger partial charge in [0.2, 0.25) is 0 Å². The molecule has 0 N–H and O–H groups in total. The number of allylic oxidation sites excluding steroid dienone is 3. The summed E-state index contributed by atoms with van der Waals surface area (Å²) in [6, 6.07) is 0. The number of esters is 1. The largest absolute Gasteiger partial charge is 0.462 e. The number of hydrogen-bond donors (Lipinski definition) is 0. The Bertz CT molecular complexity index is 277. The molecule has 2 heteroatoms. The van der Waals surface area contributed by atoms with E-state index in [9.17, 15) is 4.79 Å². The molecule has 0 bridgehead atoms. The van der Waals surface area contributed by atoms with Crippen molar-refractivity contribution in [1.29, 1.82) is 0 Å². The van der Waals surface area contributed by atoms with Crippen molar-refractivity contribution in [3.8, 4) is 0 Å². The van der Waals surface area contributed by atoms with Gasteiger partial charge in [-0.25, -0.2) is 4.79 Å². The van der Waals surface area contributed by atoms with Gasteiger partial charge in [-0.05, 0) is 12.8 Å². The average molecular weight is 236 g/mol. The third kappa shape index (κ3) is 6.30. The highest BCUT2D eigenvalue weighted by molar-refractivity contribution is 5.89. The fraction of sp³-hybridized carbons (Fsp3) is 0.667. The fourth-order valence-corrected chi connectivity index (χ4v) is 1.92. The van der Waals surface area contributed by atoms with Crippen LogP contribution >= 0.6 is 0 Å². The Kier molecular flexibility index (Phi) is 7.44. The summed E-state index contributed by atoms with van der Waals surface area (Å²) in [6.45, 7) is 2.80. The summed E-state index contributed by atoms with van der Waals surface area (Å²) in [5, 5.41) is 0. The summed E-state index contributed by atoms with van der Waals surface area (Å²) in [5.74, 6) is -0.138. The maximum absolute atomic E-state index is 11.5. The lowest BCUT2D eigenvalue weighted by atomic mass is 10.1. The minimum Gasteiger partial charge on any atom is -0.462 e. The molecule has 0 unspecified atom stereocenters. The van der Waals surface area contributed by atoms with Crippen molar-refractivity contribution in [2.45, 2.75) is 58.3 Å². The van der Waals surface area contributed by atoms with Gasteiger partial charge < -0.3 is 4.74 Å². The van der Waals surface area contributed by atoms with E-state index in [0.29, 0.717) is 6.61 Å². The lowest BCUT2D eigenvalue weighted by Crippen LogP contribution is -2.07. The number of carbonyl (C=O) groups excluding carboxylic acids is 1. The van der Waals surface area contributed by atoms with Gasteiger partial charge in [0, 0.05) is 5.57 Å². The molecule has 0 fully saturated rings. The predicted octanol–water partition coefficient (Wildman–Crippen LogP) is 4.17. The molecule has 0 heterocycles. The summed E-state index contributed by atoms with van der Waals surface area (Å²) in [6.07, 6.45) is 15.2. The maximum atomic E-state index is 11.5. The summed E-state index contributed by atoms with van der Waals surface area (Å²) in [4.78, 5) is 11.5. The number of ether oxygens (including phenoxy) is 1. The zero-order chi connectivity index (χ0) is 12.3. The highest BCUT2D eigenvalue weighted by Gasteiger charge is 2.10. The van der Waals surface area contributed by atoms with Crippen LogP contribution in [0.3, 0.4) is 0 Å². The van der Waals surface area contributed by atoms with E-state index in [1.165, 1.54) is 38.5 Å². The molecular formula is C15H24O2. The SMILES string of the molecule is CCCCCCCCCOC(=O)C1=CC=CC1. The number of carbonyl (C=O) groups is 1. The molecule has 0 spiro atoms. The molecule has 0 saturated carbocycles. The second-order valence-electron chi connectivity index (χ2n) is 4.58. The van der Waals surface area contributed by atoms with Gasteiger partial charge in [0.05, 0.1) is 6.61 Å². The lowest BCUT2D eigenvalue weighted by molar-refractivity contribution is -0.139. The Balaban J connectivity index is 1.89. The summed E-state index contributed by atoms with van der Waals surface area (Å²) in [7, 11) is 0. The first kappa shape index (κ1) is 14.0. The fourth-order valence-electron chi connectivity index (χ4n) is 1.92. The first-order valence-corrected chi connectivity index (χ1v) is 6.87. The van der Waals surface area contributed by atoms with Crippen LogP contribution in [0.1, 0.15) is 58.3 Å². The van der Waals surface area contributed by atoms with E-state index in [0.717, 1.165) is 18.4 Å². The molecule has 0 aliphatic heterocycles. The molecule has 17 heavy (non-hydrogen) atoms. The van der Waals surface area contributed by atoms with Crippen LogP contribution in [0, 0.1) is 0 Å². The van der Waals surface area contributed by atoms with Gasteiger partial charge in [0.15, 0.2) is 0 Å². The molecule has 0 saturated heterocycles. The van der Waals surface area contributed by atoms with Crippen molar-refractivity contribution in [2.24, 2.45) is 0 Å². The molecule has 0 aromatic heterocycles. The molecule has 0 aromatic carbocycles. The van der Waals surface area contributed by atoms with E-state index in [-0.39, 0.29) is 5.97 Å². The topological polar surface area (TPSA) is 26.3 Å². The number of rotatable bonds is 9. The molecular weight excluding hydrogens is 212 g/mol. The molecule has 0 amide bonds. The molecule has 0 aromatic rings. The van der Waals surface area contributed by atoms with Crippen LogP contribution < -0.4 is 0 Å². The molecule has 1 aliphatic rings. The van der Waals surface area contributed by atoms with E-state index in [1.54, 1.807) is 0 Å². The van der Waals surface area contributed by atoms with Crippen molar-refractivity contribution in [1.82, 2.24) is 0 Å². The number of unbranched alkanes of at least 4 members (excludes halogenated alkanes) is 6. The summed E-state index contributed by atoms with van der Waals surface area (Å²) in [5.41, 5.74) is 0.785. The maximum Gasteiger partial charge on any atom is 0.334 e. The second-order valence-corrected chi connectivity index (χ2v) is 4.58. The average Bonchev–Trinajstić information content (AvgIpc) is 2.86. The van der Waals surface area contributed by atoms with Gasteiger partial charge in [-0.2, -0.15) is 0 Å².